The van der Waals surface area contributed by atoms with E-state index in [1.54, 1.807) is 11.3 Å². The lowest BCUT2D eigenvalue weighted by Crippen LogP contribution is -2.16. The Morgan fingerprint density at radius 3 is 2.73 bits per heavy atom. The van der Waals surface area contributed by atoms with Crippen LogP contribution in [-0.2, 0) is 6.42 Å². The van der Waals surface area contributed by atoms with Crippen molar-refractivity contribution in [2.24, 2.45) is 5.73 Å². The average molecular weight is 234 g/mol. The van der Waals surface area contributed by atoms with Crippen LogP contribution in [0.15, 0.2) is 9.85 Å². The van der Waals surface area contributed by atoms with E-state index in [2.05, 4.69) is 28.9 Å². The van der Waals surface area contributed by atoms with Gasteiger partial charge in [-0.15, -0.1) is 11.3 Å². The lowest BCUT2D eigenvalue weighted by atomic mass is 10.2. The standard InChI is InChI=1S/C8H12BrNS/c1-5-3-7(4-6(2)10)11-8(5)9/h3,6H,4,10H2,1-2H3. The van der Waals surface area contributed by atoms with Crippen LogP contribution in [0.25, 0.3) is 0 Å². The highest BCUT2D eigenvalue weighted by atomic mass is 79.9. The second-order valence-corrected chi connectivity index (χ2v) is 5.31. The van der Waals surface area contributed by atoms with Gasteiger partial charge in [0.05, 0.1) is 3.79 Å². The molecule has 1 nitrogen and oxygen atoms in total. The molecule has 2 N–H and O–H groups in total. The van der Waals surface area contributed by atoms with Crippen LogP contribution in [-0.4, -0.2) is 6.04 Å². The number of nitrogens with two attached hydrogens (primary N) is 1. The van der Waals surface area contributed by atoms with Crippen molar-refractivity contribution in [2.45, 2.75) is 26.3 Å². The molecule has 0 aliphatic rings. The zero-order valence-corrected chi connectivity index (χ0v) is 9.13. The highest BCUT2D eigenvalue weighted by molar-refractivity contribution is 9.11. The first-order valence-electron chi connectivity index (χ1n) is 3.60. The minimum Gasteiger partial charge on any atom is -0.328 e. The van der Waals surface area contributed by atoms with E-state index in [0.717, 1.165) is 6.42 Å². The van der Waals surface area contributed by atoms with Crippen LogP contribution in [0.4, 0.5) is 0 Å². The average Bonchev–Trinajstić information content (AvgIpc) is 2.10. The first-order chi connectivity index (χ1) is 5.09. The maximum absolute atomic E-state index is 5.68. The zero-order valence-electron chi connectivity index (χ0n) is 6.73. The highest BCUT2D eigenvalue weighted by Crippen LogP contribution is 2.27. The molecule has 1 aromatic rings. The number of halogens is 1. The molecule has 1 heterocycles. The molecule has 0 aliphatic heterocycles. The van der Waals surface area contributed by atoms with E-state index in [4.69, 9.17) is 5.73 Å². The van der Waals surface area contributed by atoms with E-state index in [9.17, 15) is 0 Å². The smallest absolute Gasteiger partial charge is 0.0730 e. The molecule has 1 atom stereocenters. The van der Waals surface area contributed by atoms with Gasteiger partial charge in [0.25, 0.3) is 0 Å². The van der Waals surface area contributed by atoms with Crippen LogP contribution in [0.2, 0.25) is 0 Å². The Balaban J connectivity index is 2.73. The van der Waals surface area contributed by atoms with Gasteiger partial charge in [0.2, 0.25) is 0 Å². The van der Waals surface area contributed by atoms with Crippen LogP contribution >= 0.6 is 27.3 Å². The van der Waals surface area contributed by atoms with Gasteiger partial charge in [-0.1, -0.05) is 0 Å². The summed E-state index contributed by atoms with van der Waals surface area (Å²) in [5, 5.41) is 0. The summed E-state index contributed by atoms with van der Waals surface area (Å²) in [5.41, 5.74) is 6.99. The first-order valence-corrected chi connectivity index (χ1v) is 5.21. The summed E-state index contributed by atoms with van der Waals surface area (Å²) in [5.74, 6) is 0. The molecule has 0 radical (unpaired) electrons. The number of aryl methyl sites for hydroxylation is 1. The maximum atomic E-state index is 5.68. The minimum atomic E-state index is 0.264. The van der Waals surface area contributed by atoms with Crippen molar-refractivity contribution in [3.63, 3.8) is 0 Å². The Morgan fingerprint density at radius 1 is 1.73 bits per heavy atom. The third-order valence-electron chi connectivity index (χ3n) is 1.43. The van der Waals surface area contributed by atoms with Gasteiger partial charge < -0.3 is 5.73 Å². The van der Waals surface area contributed by atoms with Crippen LogP contribution in [0.1, 0.15) is 17.4 Å². The monoisotopic (exact) mass is 233 g/mol. The molecule has 1 aromatic heterocycles. The number of hydrogen-bond acceptors (Lipinski definition) is 2. The van der Waals surface area contributed by atoms with E-state index < -0.39 is 0 Å². The van der Waals surface area contributed by atoms with Gasteiger partial charge in [0.15, 0.2) is 0 Å². The maximum Gasteiger partial charge on any atom is 0.0730 e. The number of hydrogen-bond donors (Lipinski definition) is 1. The first kappa shape index (κ1) is 9.23. The van der Waals surface area contributed by atoms with Gasteiger partial charge in [0.1, 0.15) is 0 Å². The van der Waals surface area contributed by atoms with E-state index in [1.807, 2.05) is 6.92 Å². The van der Waals surface area contributed by atoms with Gasteiger partial charge in [-0.3, -0.25) is 0 Å². The topological polar surface area (TPSA) is 26.0 Å². The van der Waals surface area contributed by atoms with Crippen LogP contribution in [0.3, 0.4) is 0 Å². The molecular weight excluding hydrogens is 222 g/mol. The van der Waals surface area contributed by atoms with E-state index in [0.29, 0.717) is 0 Å². The lowest BCUT2D eigenvalue weighted by Gasteiger charge is -1.99. The quantitative estimate of drug-likeness (QED) is 0.836. The Hall–Kier alpha value is 0.140. The summed E-state index contributed by atoms with van der Waals surface area (Å²) >= 11 is 5.26. The zero-order chi connectivity index (χ0) is 8.43. The van der Waals surface area contributed by atoms with Crippen molar-refractivity contribution in [3.05, 3.63) is 20.3 Å². The molecule has 0 saturated carbocycles. The number of thiophene rings is 1. The summed E-state index contributed by atoms with van der Waals surface area (Å²) in [6.45, 7) is 4.13. The number of rotatable bonds is 2. The molecule has 0 aliphatic carbocycles. The van der Waals surface area contributed by atoms with Gasteiger partial charge in [-0.2, -0.15) is 0 Å². The summed E-state index contributed by atoms with van der Waals surface area (Å²) < 4.78 is 1.23. The summed E-state index contributed by atoms with van der Waals surface area (Å²) in [7, 11) is 0. The van der Waals surface area contributed by atoms with Crippen molar-refractivity contribution in [1.82, 2.24) is 0 Å². The fourth-order valence-electron chi connectivity index (χ4n) is 0.941. The van der Waals surface area contributed by atoms with Crippen molar-refractivity contribution in [1.29, 1.82) is 0 Å². The third kappa shape index (κ3) is 2.58. The van der Waals surface area contributed by atoms with Crippen LogP contribution in [0, 0.1) is 6.92 Å². The molecule has 0 spiro atoms. The molecular formula is C8H12BrNS. The molecule has 62 valence electrons. The fourth-order valence-corrected chi connectivity index (χ4v) is 2.71. The predicted octanol–water partition coefficient (Wildman–Crippen LogP) is 2.71. The second kappa shape index (κ2) is 3.70. The molecule has 0 amide bonds. The molecule has 1 rings (SSSR count). The summed E-state index contributed by atoms with van der Waals surface area (Å²) in [4.78, 5) is 1.37. The fraction of sp³-hybridized carbons (Fsp3) is 0.500. The predicted molar refractivity (Wildman–Crippen MR) is 54.1 cm³/mol. The summed E-state index contributed by atoms with van der Waals surface area (Å²) in [6, 6.07) is 2.46. The normalized spacial score (nSPS) is 13.5. The molecule has 0 fully saturated rings. The van der Waals surface area contributed by atoms with Gasteiger partial charge >= 0.3 is 0 Å². The lowest BCUT2D eigenvalue weighted by molar-refractivity contribution is 0.746. The molecule has 0 bridgehead atoms. The van der Waals surface area contributed by atoms with Gasteiger partial charge in [0, 0.05) is 10.9 Å². The van der Waals surface area contributed by atoms with Crippen molar-refractivity contribution in [3.8, 4) is 0 Å². The Morgan fingerprint density at radius 2 is 2.36 bits per heavy atom. The molecule has 0 aromatic carbocycles. The Kier molecular flexibility index (Phi) is 3.10. The Bertz CT molecular complexity index is 223. The van der Waals surface area contributed by atoms with Crippen LogP contribution < -0.4 is 5.73 Å². The van der Waals surface area contributed by atoms with E-state index >= 15 is 0 Å². The summed E-state index contributed by atoms with van der Waals surface area (Å²) in [6.07, 6.45) is 0.983. The van der Waals surface area contributed by atoms with E-state index in [1.165, 1.54) is 14.2 Å². The van der Waals surface area contributed by atoms with Crippen molar-refractivity contribution in [2.75, 3.05) is 0 Å². The molecule has 1 unspecified atom stereocenters. The SMILES string of the molecule is Cc1cc(CC(C)N)sc1Br. The van der Waals surface area contributed by atoms with Gasteiger partial charge in [-0.05, 0) is 47.8 Å². The van der Waals surface area contributed by atoms with Crippen LogP contribution in [0.5, 0.6) is 0 Å². The molecule has 11 heavy (non-hydrogen) atoms. The van der Waals surface area contributed by atoms with E-state index in [-0.39, 0.29) is 6.04 Å². The third-order valence-corrected chi connectivity index (χ3v) is 3.59. The highest BCUT2D eigenvalue weighted by Gasteiger charge is 2.03. The largest absolute Gasteiger partial charge is 0.328 e. The Labute approximate surface area is 79.7 Å². The molecule has 0 saturated heterocycles. The molecule has 3 heteroatoms. The minimum absolute atomic E-state index is 0.264. The van der Waals surface area contributed by atoms with Crippen molar-refractivity contribution < 1.29 is 0 Å². The second-order valence-electron chi connectivity index (χ2n) is 2.85. The van der Waals surface area contributed by atoms with Gasteiger partial charge in [-0.25, -0.2) is 0 Å². The van der Waals surface area contributed by atoms with Crippen molar-refractivity contribution >= 4 is 27.3 Å².